The molecule has 0 aliphatic carbocycles. The molecule has 0 saturated heterocycles. The molecule has 2 aromatic rings. The van der Waals surface area contributed by atoms with Crippen molar-refractivity contribution in [2.24, 2.45) is 0 Å². The molecule has 0 aliphatic heterocycles. The van der Waals surface area contributed by atoms with Gasteiger partial charge < -0.3 is 15.5 Å². The van der Waals surface area contributed by atoms with E-state index in [0.29, 0.717) is 35.6 Å². The van der Waals surface area contributed by atoms with E-state index in [1.54, 1.807) is 39.0 Å². The van der Waals surface area contributed by atoms with E-state index in [1.165, 1.54) is 0 Å². The second kappa shape index (κ2) is 7.00. The first kappa shape index (κ1) is 18.6. The van der Waals surface area contributed by atoms with Gasteiger partial charge in [0.15, 0.2) is 0 Å². The number of nitrogen functional groups attached to an aromatic ring is 1. The van der Waals surface area contributed by atoms with Gasteiger partial charge in [0.25, 0.3) is 5.56 Å². The molecule has 2 rings (SSSR count). The Morgan fingerprint density at radius 1 is 1.32 bits per heavy atom. The van der Waals surface area contributed by atoms with Crippen LogP contribution in [0.25, 0.3) is 10.9 Å². The summed E-state index contributed by atoms with van der Waals surface area (Å²) < 4.78 is 6.28. The molecule has 25 heavy (non-hydrogen) atoms. The third-order valence-electron chi connectivity index (χ3n) is 3.57. The number of anilines is 2. The number of benzene rings is 1. The van der Waals surface area contributed by atoms with Crippen molar-refractivity contribution >= 4 is 28.6 Å². The minimum Gasteiger partial charge on any atom is -0.444 e. The molecule has 1 aromatic carbocycles. The fraction of sp³-hybridized carbons (Fsp3) is 0.471. The molecule has 1 heterocycles. The van der Waals surface area contributed by atoms with Crippen LogP contribution < -0.4 is 21.6 Å². The predicted octanol–water partition coefficient (Wildman–Crippen LogP) is 2.30. The third kappa shape index (κ3) is 4.20. The molecule has 0 fully saturated rings. The first-order valence-electron chi connectivity index (χ1n) is 8.23. The Labute approximate surface area is 146 Å². The van der Waals surface area contributed by atoms with E-state index in [9.17, 15) is 9.59 Å². The molecular weight excluding hydrogens is 322 g/mol. The molecule has 1 amide bonds. The Morgan fingerprint density at radius 3 is 2.52 bits per heavy atom. The standard InChI is InChI=1S/C17H25N5O3/c1-6-21(7-2)15-20-13-10-11(19-16(24)25-17(3,4)5)8-9-12(13)14(23)22(15)18/h8-10H,6-7,18H2,1-5H3,(H,19,24). The number of amides is 1. The Balaban J connectivity index is 2.43. The lowest BCUT2D eigenvalue weighted by Crippen LogP contribution is -2.36. The monoisotopic (exact) mass is 347 g/mol. The quantitative estimate of drug-likeness (QED) is 0.823. The fourth-order valence-electron chi connectivity index (χ4n) is 2.42. The number of nitrogens with zero attached hydrogens (tertiary/aromatic N) is 3. The van der Waals surface area contributed by atoms with E-state index in [4.69, 9.17) is 10.6 Å². The molecule has 1 aromatic heterocycles. The van der Waals surface area contributed by atoms with Crippen molar-refractivity contribution < 1.29 is 9.53 Å². The second-order valence-corrected chi connectivity index (χ2v) is 6.62. The van der Waals surface area contributed by atoms with E-state index in [0.717, 1.165) is 4.68 Å². The summed E-state index contributed by atoms with van der Waals surface area (Å²) in [4.78, 5) is 30.7. The van der Waals surface area contributed by atoms with Gasteiger partial charge in [-0.3, -0.25) is 10.1 Å². The Bertz CT molecular complexity index is 835. The van der Waals surface area contributed by atoms with E-state index in [1.807, 2.05) is 18.7 Å². The average Bonchev–Trinajstić information content (AvgIpc) is 2.51. The highest BCUT2D eigenvalue weighted by Crippen LogP contribution is 2.19. The van der Waals surface area contributed by atoms with E-state index in [2.05, 4.69) is 10.3 Å². The number of nitrogens with one attached hydrogen (secondary N) is 1. The third-order valence-corrected chi connectivity index (χ3v) is 3.57. The number of carbonyl (C=O) groups is 1. The summed E-state index contributed by atoms with van der Waals surface area (Å²) in [7, 11) is 0. The molecule has 0 radical (unpaired) electrons. The molecule has 0 aliphatic rings. The molecule has 8 heteroatoms. The second-order valence-electron chi connectivity index (χ2n) is 6.62. The van der Waals surface area contributed by atoms with Gasteiger partial charge >= 0.3 is 6.09 Å². The predicted molar refractivity (Wildman–Crippen MR) is 99.6 cm³/mol. The number of fused-ring (bicyclic) bond motifs is 1. The minimum absolute atomic E-state index is 0.337. The zero-order valence-electron chi connectivity index (χ0n) is 15.3. The summed E-state index contributed by atoms with van der Waals surface area (Å²) in [5, 5.41) is 3.03. The van der Waals surface area contributed by atoms with Gasteiger partial charge in [-0.1, -0.05) is 0 Å². The van der Waals surface area contributed by atoms with Crippen LogP contribution in [0.1, 0.15) is 34.6 Å². The SMILES string of the molecule is CCN(CC)c1nc2cc(NC(=O)OC(C)(C)C)ccc2c(=O)n1N. The zero-order chi connectivity index (χ0) is 18.8. The summed E-state index contributed by atoms with van der Waals surface area (Å²) in [6.07, 6.45) is -0.567. The Hall–Kier alpha value is -2.77. The number of nitrogens with two attached hydrogens (primary N) is 1. The van der Waals surface area contributed by atoms with Crippen LogP contribution in [-0.2, 0) is 4.74 Å². The van der Waals surface area contributed by atoms with Crippen molar-refractivity contribution in [2.75, 3.05) is 29.1 Å². The van der Waals surface area contributed by atoms with Crippen molar-refractivity contribution in [1.29, 1.82) is 0 Å². The summed E-state index contributed by atoms with van der Waals surface area (Å²) in [6.45, 7) is 10.6. The van der Waals surface area contributed by atoms with Gasteiger partial charge in [0.05, 0.1) is 10.9 Å². The maximum Gasteiger partial charge on any atom is 0.412 e. The molecular formula is C17H25N5O3. The van der Waals surface area contributed by atoms with Crippen molar-refractivity contribution in [3.63, 3.8) is 0 Å². The fourth-order valence-corrected chi connectivity index (χ4v) is 2.42. The average molecular weight is 347 g/mol. The largest absolute Gasteiger partial charge is 0.444 e. The number of carbonyl (C=O) groups excluding carboxylic acids is 1. The van der Waals surface area contributed by atoms with Crippen LogP contribution in [0.2, 0.25) is 0 Å². The maximum absolute atomic E-state index is 12.5. The van der Waals surface area contributed by atoms with Gasteiger partial charge in [-0.15, -0.1) is 0 Å². The lowest BCUT2D eigenvalue weighted by atomic mass is 10.2. The van der Waals surface area contributed by atoms with Gasteiger partial charge in [0, 0.05) is 18.8 Å². The highest BCUT2D eigenvalue weighted by molar-refractivity contribution is 5.89. The molecule has 0 bridgehead atoms. The van der Waals surface area contributed by atoms with Crippen molar-refractivity contribution in [2.45, 2.75) is 40.2 Å². The lowest BCUT2D eigenvalue weighted by molar-refractivity contribution is 0.0636. The van der Waals surface area contributed by atoms with Gasteiger partial charge in [-0.25, -0.2) is 9.78 Å². The van der Waals surface area contributed by atoms with Crippen LogP contribution in [0.4, 0.5) is 16.4 Å². The number of hydrogen-bond donors (Lipinski definition) is 2. The first-order chi connectivity index (χ1) is 11.7. The van der Waals surface area contributed by atoms with Gasteiger partial charge in [-0.2, -0.15) is 4.68 Å². The van der Waals surface area contributed by atoms with Crippen LogP contribution in [0, 0.1) is 0 Å². The summed E-state index contributed by atoms with van der Waals surface area (Å²) in [5.74, 6) is 6.29. The lowest BCUT2D eigenvalue weighted by Gasteiger charge is -2.22. The van der Waals surface area contributed by atoms with Crippen LogP contribution in [0.5, 0.6) is 0 Å². The highest BCUT2D eigenvalue weighted by Gasteiger charge is 2.17. The van der Waals surface area contributed by atoms with Gasteiger partial charge in [-0.05, 0) is 52.8 Å². The molecule has 136 valence electrons. The van der Waals surface area contributed by atoms with E-state index in [-0.39, 0.29) is 5.56 Å². The summed E-state index contributed by atoms with van der Waals surface area (Å²) in [6, 6.07) is 4.84. The van der Waals surface area contributed by atoms with Crippen molar-refractivity contribution in [3.8, 4) is 0 Å². The van der Waals surface area contributed by atoms with Crippen LogP contribution in [0.15, 0.2) is 23.0 Å². The van der Waals surface area contributed by atoms with Crippen LogP contribution >= 0.6 is 0 Å². The molecule has 0 spiro atoms. The molecule has 0 atom stereocenters. The highest BCUT2D eigenvalue weighted by atomic mass is 16.6. The van der Waals surface area contributed by atoms with E-state index < -0.39 is 11.7 Å². The smallest absolute Gasteiger partial charge is 0.412 e. The first-order valence-corrected chi connectivity index (χ1v) is 8.23. The number of rotatable bonds is 4. The summed E-state index contributed by atoms with van der Waals surface area (Å²) >= 11 is 0. The van der Waals surface area contributed by atoms with Crippen LogP contribution in [0.3, 0.4) is 0 Å². The van der Waals surface area contributed by atoms with Crippen molar-refractivity contribution in [3.05, 3.63) is 28.6 Å². The Morgan fingerprint density at radius 2 is 1.96 bits per heavy atom. The molecule has 0 saturated carbocycles. The topological polar surface area (TPSA) is 102 Å². The van der Waals surface area contributed by atoms with Gasteiger partial charge in [0.1, 0.15) is 5.60 Å². The molecule has 0 unspecified atom stereocenters. The van der Waals surface area contributed by atoms with Crippen LogP contribution in [-0.4, -0.2) is 34.4 Å². The number of hydrogen-bond acceptors (Lipinski definition) is 6. The number of ether oxygens (including phenoxy) is 1. The minimum atomic E-state index is -0.595. The molecule has 8 nitrogen and oxygen atoms in total. The van der Waals surface area contributed by atoms with Gasteiger partial charge in [0.2, 0.25) is 5.95 Å². The number of aromatic nitrogens is 2. The van der Waals surface area contributed by atoms with E-state index >= 15 is 0 Å². The van der Waals surface area contributed by atoms with Crippen molar-refractivity contribution in [1.82, 2.24) is 9.66 Å². The summed E-state index contributed by atoms with van der Waals surface area (Å²) in [5.41, 5.74) is 0.0225. The molecule has 3 N–H and O–H groups in total. The zero-order valence-corrected chi connectivity index (χ0v) is 15.3. The normalized spacial score (nSPS) is 11.4. The maximum atomic E-state index is 12.5. The Kier molecular flexibility index (Phi) is 5.20.